The van der Waals surface area contributed by atoms with Crippen LogP contribution < -0.4 is 17.0 Å². The van der Waals surface area contributed by atoms with Crippen LogP contribution in [0.15, 0.2) is 30.3 Å². The molecule has 0 aliphatic carbocycles. The van der Waals surface area contributed by atoms with Crippen LogP contribution >= 0.6 is 0 Å². The first-order valence-corrected chi connectivity index (χ1v) is 2.40. The molecule has 1 rings (SSSR count). The Morgan fingerprint density at radius 1 is 1.18 bits per heavy atom. The van der Waals surface area contributed by atoms with E-state index in [2.05, 4.69) is 6.07 Å². The van der Waals surface area contributed by atoms with Gasteiger partial charge in [-0.2, -0.15) is 36.4 Å². The number of hydrogen-bond acceptors (Lipinski definition) is 1. The molecule has 1 aromatic rings. The number of rotatable bonds is 0. The molecular weight excluding hydrogens is 220 g/mol. The Balaban J connectivity index is -0.000000116. The van der Waals surface area contributed by atoms with Crippen molar-refractivity contribution in [2.24, 2.45) is 0 Å². The van der Waals surface area contributed by atoms with Crippen LogP contribution in [0.25, 0.3) is 0 Å². The topological polar surface area (TPSA) is 37.3 Å². The summed E-state index contributed by atoms with van der Waals surface area (Å²) in [6.45, 7) is -0.250. The van der Waals surface area contributed by atoms with Crippen LogP contribution in [0, 0.1) is 6.07 Å². The molecule has 11 heavy (non-hydrogen) atoms. The summed E-state index contributed by atoms with van der Waals surface area (Å²) in [5.74, 6) is 0. The zero-order valence-corrected chi connectivity index (χ0v) is 8.90. The molecule has 0 bridgehead atoms. The summed E-state index contributed by atoms with van der Waals surface area (Å²) in [7, 11) is 0. The summed E-state index contributed by atoms with van der Waals surface area (Å²) in [5, 5.41) is 6.89. The van der Waals surface area contributed by atoms with Crippen LogP contribution in [0.5, 0.6) is 0 Å². The van der Waals surface area contributed by atoms with Crippen LogP contribution in [0.2, 0.25) is 0 Å². The van der Waals surface area contributed by atoms with E-state index in [1.165, 1.54) is 0 Å². The van der Waals surface area contributed by atoms with Gasteiger partial charge in [0.15, 0.2) is 0 Å². The first kappa shape index (κ1) is 17.1. The molecule has 0 fully saturated rings. The third kappa shape index (κ3) is 17.8. The van der Waals surface area contributed by atoms with Crippen LogP contribution in [0.1, 0.15) is 0 Å². The molecule has 0 aromatic heterocycles. The molecule has 1 N–H and O–H groups in total. The molecule has 0 saturated heterocycles. The first-order chi connectivity index (χ1) is 4.41. The summed E-state index contributed by atoms with van der Waals surface area (Å²) in [4.78, 5) is 8.36. The van der Waals surface area contributed by atoms with E-state index in [0.717, 1.165) is 0 Å². The van der Waals surface area contributed by atoms with E-state index in [-0.39, 0.29) is 46.5 Å². The monoisotopic (exact) mass is 226 g/mol. The molecule has 0 aliphatic heterocycles. The van der Waals surface area contributed by atoms with Crippen molar-refractivity contribution in [2.45, 2.75) is 0 Å². The van der Waals surface area contributed by atoms with Crippen molar-refractivity contribution in [3.8, 4) is 0 Å². The molecule has 1 aromatic carbocycles. The van der Waals surface area contributed by atoms with E-state index < -0.39 is 0 Å². The van der Waals surface area contributed by atoms with E-state index in [4.69, 9.17) is 9.90 Å². The predicted molar refractivity (Wildman–Crippen MR) is 39.7 cm³/mol. The van der Waals surface area contributed by atoms with Crippen LogP contribution in [-0.2, 0) is 4.79 Å². The molecular formula is C7H7BrMgO2. The van der Waals surface area contributed by atoms with Crippen LogP contribution in [0.4, 0.5) is 0 Å². The van der Waals surface area contributed by atoms with Crippen molar-refractivity contribution in [3.63, 3.8) is 0 Å². The van der Waals surface area contributed by atoms with E-state index >= 15 is 0 Å². The third-order valence-electron chi connectivity index (χ3n) is 0.607. The Bertz CT molecular complexity index is 120. The van der Waals surface area contributed by atoms with Gasteiger partial charge in [0.2, 0.25) is 0 Å². The number of carboxylic acid groups (broad SMARTS) is 1. The largest absolute Gasteiger partial charge is 2.00 e. The smallest absolute Gasteiger partial charge is 1.00 e. The minimum Gasteiger partial charge on any atom is -1.00 e. The van der Waals surface area contributed by atoms with Crippen molar-refractivity contribution in [3.05, 3.63) is 36.4 Å². The van der Waals surface area contributed by atoms with Gasteiger partial charge in [0.25, 0.3) is 6.47 Å². The Labute approximate surface area is 92.5 Å². The van der Waals surface area contributed by atoms with Crippen molar-refractivity contribution in [2.75, 3.05) is 0 Å². The second-order valence-corrected chi connectivity index (χ2v) is 1.18. The molecule has 4 heteroatoms. The average Bonchev–Trinajstić information content (AvgIpc) is 1.93. The number of hydrogen-bond donors (Lipinski definition) is 1. The van der Waals surface area contributed by atoms with Crippen molar-refractivity contribution < 1.29 is 26.9 Å². The van der Waals surface area contributed by atoms with Crippen molar-refractivity contribution >= 4 is 29.5 Å². The fourth-order valence-corrected chi connectivity index (χ4v) is 0.342. The normalized spacial score (nSPS) is 5.45. The summed E-state index contributed by atoms with van der Waals surface area (Å²) < 4.78 is 0. The maximum Gasteiger partial charge on any atom is 2.00 e. The van der Waals surface area contributed by atoms with Crippen molar-refractivity contribution in [1.29, 1.82) is 0 Å². The van der Waals surface area contributed by atoms with Gasteiger partial charge in [-0.25, -0.2) is 0 Å². The second kappa shape index (κ2) is 16.5. The fraction of sp³-hybridized carbons (Fsp3) is 0. The summed E-state index contributed by atoms with van der Waals surface area (Å²) in [6, 6.07) is 12.5. The van der Waals surface area contributed by atoms with Crippen molar-refractivity contribution in [1.82, 2.24) is 0 Å². The van der Waals surface area contributed by atoms with Crippen LogP contribution in [0.3, 0.4) is 0 Å². The average molecular weight is 227 g/mol. The molecule has 0 amide bonds. The molecule has 0 saturated carbocycles. The SMILES string of the molecule is O=CO.[Br-].[Mg+2].[c-]1ccccc1. The molecule has 0 atom stereocenters. The molecule has 0 radical (unpaired) electrons. The Morgan fingerprint density at radius 3 is 1.64 bits per heavy atom. The number of carbonyl (C=O) groups is 1. The van der Waals surface area contributed by atoms with Gasteiger partial charge < -0.3 is 22.1 Å². The van der Waals surface area contributed by atoms with Gasteiger partial charge in [-0.3, -0.25) is 4.79 Å². The minimum atomic E-state index is -0.250. The molecule has 0 heterocycles. The van der Waals surface area contributed by atoms with Crippen LogP contribution in [-0.4, -0.2) is 34.6 Å². The Hall–Kier alpha value is -0.0638. The molecule has 56 valence electrons. The first-order valence-electron chi connectivity index (χ1n) is 2.40. The van der Waals surface area contributed by atoms with Gasteiger partial charge in [0.1, 0.15) is 0 Å². The van der Waals surface area contributed by atoms with Gasteiger partial charge >= 0.3 is 23.1 Å². The third-order valence-corrected chi connectivity index (χ3v) is 0.607. The fourth-order valence-electron chi connectivity index (χ4n) is 0.342. The standard InChI is InChI=1S/C6H5.CH2O2.BrH.Mg/c1-2-4-6-5-3-1;2-1-3;;/h1-5H;1H,(H,2,3);1H;/q-1;;;+2/p-1. The van der Waals surface area contributed by atoms with E-state index in [0.29, 0.717) is 0 Å². The molecule has 2 nitrogen and oxygen atoms in total. The Morgan fingerprint density at radius 2 is 1.55 bits per heavy atom. The summed E-state index contributed by atoms with van der Waals surface area (Å²) in [5.41, 5.74) is 0. The second-order valence-electron chi connectivity index (χ2n) is 1.18. The maximum atomic E-state index is 8.36. The van der Waals surface area contributed by atoms with E-state index in [1.807, 2.05) is 30.3 Å². The molecule has 0 spiro atoms. The Kier molecular flexibility index (Phi) is 25.7. The maximum absolute atomic E-state index is 8.36. The summed E-state index contributed by atoms with van der Waals surface area (Å²) in [6.07, 6.45) is 0. The quantitative estimate of drug-likeness (QED) is 0.311. The van der Waals surface area contributed by atoms with E-state index in [9.17, 15) is 0 Å². The van der Waals surface area contributed by atoms with Gasteiger partial charge in [-0.05, 0) is 0 Å². The summed E-state index contributed by atoms with van der Waals surface area (Å²) >= 11 is 0. The number of halogens is 1. The minimum absolute atomic E-state index is 0. The van der Waals surface area contributed by atoms with E-state index in [1.54, 1.807) is 0 Å². The molecule has 0 unspecified atom stereocenters. The van der Waals surface area contributed by atoms with Gasteiger partial charge in [0.05, 0.1) is 0 Å². The number of benzene rings is 1. The molecule has 0 aliphatic rings. The zero-order chi connectivity index (χ0) is 6.95. The van der Waals surface area contributed by atoms with Gasteiger partial charge in [-0.15, -0.1) is 0 Å². The predicted octanol–water partition coefficient (Wildman–Crippen LogP) is -2.19. The van der Waals surface area contributed by atoms with Gasteiger partial charge in [-0.1, -0.05) is 0 Å². The van der Waals surface area contributed by atoms with Gasteiger partial charge in [0, 0.05) is 0 Å². The zero-order valence-electron chi connectivity index (χ0n) is 5.90.